The van der Waals surface area contributed by atoms with E-state index in [9.17, 15) is 0 Å². The van der Waals surface area contributed by atoms with E-state index >= 15 is 0 Å². The smallest absolute Gasteiger partial charge is 0.144 e. The van der Waals surface area contributed by atoms with Gasteiger partial charge >= 0.3 is 0 Å². The summed E-state index contributed by atoms with van der Waals surface area (Å²) in [4.78, 5) is 0. The van der Waals surface area contributed by atoms with Crippen LogP contribution in [0.3, 0.4) is 0 Å². The third-order valence-electron chi connectivity index (χ3n) is 2.60. The molecule has 0 bridgehead atoms. The minimum absolute atomic E-state index is 0.113. The predicted octanol–water partition coefficient (Wildman–Crippen LogP) is 2.52. The van der Waals surface area contributed by atoms with Gasteiger partial charge in [-0.2, -0.15) is 0 Å². The van der Waals surface area contributed by atoms with Gasteiger partial charge < -0.3 is 25.3 Å². The van der Waals surface area contributed by atoms with Gasteiger partial charge in [0.15, 0.2) is 0 Å². The van der Waals surface area contributed by atoms with E-state index in [1.54, 1.807) is 7.11 Å². The first-order valence-electron chi connectivity index (χ1n) is 7.00. The van der Waals surface area contributed by atoms with Crippen molar-refractivity contribution in [2.45, 2.75) is 26.4 Å². The largest absolute Gasteiger partial charge is 0.489 e. The zero-order valence-corrected chi connectivity index (χ0v) is 12.6. The number of nitrogens with two attached hydrogens (primary N) is 1. The maximum absolute atomic E-state index is 5.88. The molecular formula is C15H26N2O3. The second-order valence-electron chi connectivity index (χ2n) is 4.80. The van der Waals surface area contributed by atoms with Gasteiger partial charge in [-0.05, 0) is 32.4 Å². The van der Waals surface area contributed by atoms with Crippen LogP contribution in [0.2, 0.25) is 0 Å². The van der Waals surface area contributed by atoms with Gasteiger partial charge in [-0.3, -0.25) is 0 Å². The first kappa shape index (κ1) is 16.6. The molecule has 5 heteroatoms. The monoisotopic (exact) mass is 282 g/mol. The molecule has 0 atom stereocenters. The molecule has 0 aliphatic heterocycles. The molecular weight excluding hydrogens is 256 g/mol. The highest BCUT2D eigenvalue weighted by atomic mass is 16.5. The number of anilines is 2. The van der Waals surface area contributed by atoms with Crippen molar-refractivity contribution in [3.8, 4) is 5.75 Å². The van der Waals surface area contributed by atoms with Crippen molar-refractivity contribution >= 4 is 11.4 Å². The summed E-state index contributed by atoms with van der Waals surface area (Å²) in [6, 6.07) is 5.74. The fourth-order valence-electron chi connectivity index (χ4n) is 1.65. The van der Waals surface area contributed by atoms with Crippen LogP contribution in [0.15, 0.2) is 18.2 Å². The lowest BCUT2D eigenvalue weighted by Gasteiger charge is -2.14. The Balaban J connectivity index is 2.29. The number of nitrogens with one attached hydrogen (secondary N) is 1. The molecule has 0 aliphatic rings. The maximum Gasteiger partial charge on any atom is 0.144 e. The molecule has 1 aromatic rings. The van der Waals surface area contributed by atoms with E-state index in [2.05, 4.69) is 5.32 Å². The van der Waals surface area contributed by atoms with Gasteiger partial charge in [-0.15, -0.1) is 0 Å². The van der Waals surface area contributed by atoms with Gasteiger partial charge in [0.2, 0.25) is 0 Å². The highest BCUT2D eigenvalue weighted by Gasteiger charge is 2.04. The van der Waals surface area contributed by atoms with Gasteiger partial charge in [-0.1, -0.05) is 0 Å². The van der Waals surface area contributed by atoms with Crippen LogP contribution in [0.25, 0.3) is 0 Å². The summed E-state index contributed by atoms with van der Waals surface area (Å²) in [7, 11) is 1.67. The molecule has 0 saturated heterocycles. The van der Waals surface area contributed by atoms with Crippen LogP contribution in [0.5, 0.6) is 5.75 Å². The van der Waals surface area contributed by atoms with E-state index in [0.29, 0.717) is 18.9 Å². The van der Waals surface area contributed by atoms with Gasteiger partial charge in [-0.25, -0.2) is 0 Å². The fourth-order valence-corrected chi connectivity index (χ4v) is 1.65. The summed E-state index contributed by atoms with van der Waals surface area (Å²) in [5.74, 6) is 0.723. The van der Waals surface area contributed by atoms with E-state index in [4.69, 9.17) is 19.9 Å². The third kappa shape index (κ3) is 6.63. The first-order valence-corrected chi connectivity index (χ1v) is 7.00. The van der Waals surface area contributed by atoms with Crippen molar-refractivity contribution in [3.05, 3.63) is 18.2 Å². The Bertz CT molecular complexity index is 383. The number of benzene rings is 1. The predicted molar refractivity (Wildman–Crippen MR) is 82.4 cm³/mol. The van der Waals surface area contributed by atoms with Crippen LogP contribution in [-0.4, -0.2) is 39.6 Å². The highest BCUT2D eigenvalue weighted by molar-refractivity contribution is 5.61. The Hall–Kier alpha value is -1.46. The van der Waals surface area contributed by atoms with Gasteiger partial charge in [0.05, 0.1) is 25.0 Å². The van der Waals surface area contributed by atoms with Crippen molar-refractivity contribution in [3.63, 3.8) is 0 Å². The van der Waals surface area contributed by atoms with Crippen LogP contribution in [0.1, 0.15) is 20.3 Å². The van der Waals surface area contributed by atoms with Crippen molar-refractivity contribution in [2.24, 2.45) is 0 Å². The standard InChI is InChI=1S/C15H26N2O3/c1-12(2)20-15-11-13(5-6-14(15)16)17-7-4-8-19-10-9-18-3/h5-6,11-12,17H,4,7-10,16H2,1-3H3. The molecule has 5 nitrogen and oxygen atoms in total. The molecule has 0 radical (unpaired) electrons. The van der Waals surface area contributed by atoms with E-state index in [-0.39, 0.29) is 6.10 Å². The van der Waals surface area contributed by atoms with E-state index in [0.717, 1.165) is 31.0 Å². The zero-order chi connectivity index (χ0) is 14.8. The van der Waals surface area contributed by atoms with Crippen LogP contribution in [0, 0.1) is 0 Å². The summed E-state index contributed by atoms with van der Waals surface area (Å²) in [6.45, 7) is 6.82. The van der Waals surface area contributed by atoms with Crippen molar-refractivity contribution in [1.82, 2.24) is 0 Å². The Labute approximate surface area is 121 Å². The molecule has 0 spiro atoms. The molecule has 3 N–H and O–H groups in total. The molecule has 0 aromatic heterocycles. The Kier molecular flexibility index (Phi) is 7.84. The molecule has 1 aromatic carbocycles. The number of nitrogen functional groups attached to an aromatic ring is 1. The normalized spacial score (nSPS) is 10.8. The second kappa shape index (κ2) is 9.44. The lowest BCUT2D eigenvalue weighted by molar-refractivity contribution is 0.0705. The van der Waals surface area contributed by atoms with Crippen LogP contribution in [-0.2, 0) is 9.47 Å². The summed E-state index contributed by atoms with van der Waals surface area (Å²) in [5.41, 5.74) is 7.54. The summed E-state index contributed by atoms with van der Waals surface area (Å²) >= 11 is 0. The molecule has 1 rings (SSSR count). The van der Waals surface area contributed by atoms with Gasteiger partial charge in [0.1, 0.15) is 5.75 Å². The minimum atomic E-state index is 0.113. The lowest BCUT2D eigenvalue weighted by atomic mass is 10.2. The average molecular weight is 282 g/mol. The molecule has 0 amide bonds. The lowest BCUT2D eigenvalue weighted by Crippen LogP contribution is -2.10. The van der Waals surface area contributed by atoms with Crippen molar-refractivity contribution in [1.29, 1.82) is 0 Å². The number of ether oxygens (including phenoxy) is 3. The minimum Gasteiger partial charge on any atom is -0.489 e. The summed E-state index contributed by atoms with van der Waals surface area (Å²) < 4.78 is 16.0. The molecule has 0 heterocycles. The summed E-state index contributed by atoms with van der Waals surface area (Å²) in [6.07, 6.45) is 1.05. The fraction of sp³-hybridized carbons (Fsp3) is 0.600. The molecule has 0 saturated carbocycles. The first-order chi connectivity index (χ1) is 9.63. The van der Waals surface area contributed by atoms with Crippen LogP contribution in [0.4, 0.5) is 11.4 Å². The zero-order valence-electron chi connectivity index (χ0n) is 12.6. The number of hydrogen-bond donors (Lipinski definition) is 2. The Morgan fingerprint density at radius 3 is 2.70 bits per heavy atom. The number of rotatable bonds is 10. The van der Waals surface area contributed by atoms with Crippen molar-refractivity contribution < 1.29 is 14.2 Å². The molecule has 0 aliphatic carbocycles. The molecule has 0 fully saturated rings. The average Bonchev–Trinajstić information content (AvgIpc) is 2.40. The Morgan fingerprint density at radius 1 is 1.20 bits per heavy atom. The van der Waals surface area contributed by atoms with E-state index < -0.39 is 0 Å². The topological polar surface area (TPSA) is 65.7 Å². The summed E-state index contributed by atoms with van der Waals surface area (Å²) in [5, 5.41) is 3.33. The molecule has 20 heavy (non-hydrogen) atoms. The SMILES string of the molecule is COCCOCCCNc1ccc(N)c(OC(C)C)c1. The highest BCUT2D eigenvalue weighted by Crippen LogP contribution is 2.26. The Morgan fingerprint density at radius 2 is 2.00 bits per heavy atom. The van der Waals surface area contributed by atoms with Crippen LogP contribution < -0.4 is 15.8 Å². The maximum atomic E-state index is 5.88. The second-order valence-corrected chi connectivity index (χ2v) is 4.80. The van der Waals surface area contributed by atoms with Crippen LogP contribution >= 0.6 is 0 Å². The number of hydrogen-bond acceptors (Lipinski definition) is 5. The van der Waals surface area contributed by atoms with E-state index in [1.165, 1.54) is 0 Å². The van der Waals surface area contributed by atoms with Gasteiger partial charge in [0, 0.05) is 32.0 Å². The number of methoxy groups -OCH3 is 1. The quantitative estimate of drug-likeness (QED) is 0.510. The molecule has 114 valence electrons. The van der Waals surface area contributed by atoms with Crippen molar-refractivity contribution in [2.75, 3.05) is 44.5 Å². The van der Waals surface area contributed by atoms with E-state index in [1.807, 2.05) is 32.0 Å². The van der Waals surface area contributed by atoms with Gasteiger partial charge in [0.25, 0.3) is 0 Å². The molecule has 0 unspecified atom stereocenters. The third-order valence-corrected chi connectivity index (χ3v) is 2.60.